The summed E-state index contributed by atoms with van der Waals surface area (Å²) >= 11 is 1.16. The molecule has 0 radical (unpaired) electrons. The monoisotopic (exact) mass is 367 g/mol. The van der Waals surface area contributed by atoms with E-state index in [1.165, 1.54) is 0 Å². The van der Waals surface area contributed by atoms with Gasteiger partial charge in [-0.15, -0.1) is 0 Å². The first-order chi connectivity index (χ1) is 12.6. The van der Waals surface area contributed by atoms with E-state index >= 15 is 0 Å². The average molecular weight is 367 g/mol. The third kappa shape index (κ3) is 3.44. The van der Waals surface area contributed by atoms with Crippen LogP contribution in [0.15, 0.2) is 23.2 Å². The molecular weight excluding hydrogens is 350 g/mol. The van der Waals surface area contributed by atoms with E-state index in [0.717, 1.165) is 47.9 Å². The molecule has 0 unspecified atom stereocenters. The molecule has 1 fully saturated rings. The Kier molecular flexibility index (Phi) is 4.39. The van der Waals surface area contributed by atoms with Crippen LogP contribution >= 0.6 is 11.8 Å². The topological polar surface area (TPSA) is 114 Å². The second-order valence-electron chi connectivity index (χ2n) is 6.28. The number of hydrogen-bond acceptors (Lipinski definition) is 7. The van der Waals surface area contributed by atoms with Crippen molar-refractivity contribution in [3.8, 4) is 23.1 Å². The van der Waals surface area contributed by atoms with Crippen LogP contribution in [0.1, 0.15) is 24.0 Å². The van der Waals surface area contributed by atoms with Crippen molar-refractivity contribution in [1.82, 2.24) is 9.97 Å². The van der Waals surface area contributed by atoms with Crippen LogP contribution in [-0.4, -0.2) is 34.3 Å². The van der Waals surface area contributed by atoms with Crippen molar-refractivity contribution >= 4 is 23.6 Å². The number of rotatable bonds is 6. The maximum Gasteiger partial charge on any atom is 0.227 e. The molecule has 0 spiro atoms. The van der Waals surface area contributed by atoms with E-state index < -0.39 is 5.91 Å². The summed E-state index contributed by atoms with van der Waals surface area (Å²) in [5.41, 5.74) is 8.08. The number of carbonyl (C=O) groups excluding carboxylic acids is 1. The van der Waals surface area contributed by atoms with Crippen molar-refractivity contribution in [2.45, 2.75) is 30.3 Å². The number of nitrogens with one attached hydrogen (secondary N) is 1. The molecule has 1 aliphatic carbocycles. The summed E-state index contributed by atoms with van der Waals surface area (Å²) in [7, 11) is 0. The van der Waals surface area contributed by atoms with Gasteiger partial charge in [-0.1, -0.05) is 23.9 Å². The van der Waals surface area contributed by atoms with Crippen molar-refractivity contribution in [3.05, 3.63) is 29.3 Å². The maximum atomic E-state index is 11.2. The molecule has 0 bridgehead atoms. The van der Waals surface area contributed by atoms with Crippen molar-refractivity contribution < 1.29 is 9.53 Å². The van der Waals surface area contributed by atoms with Crippen LogP contribution < -0.4 is 15.8 Å². The molecule has 8 heteroatoms. The molecule has 1 saturated carbocycles. The average Bonchev–Trinajstić information content (AvgIpc) is 3.32. The lowest BCUT2D eigenvalue weighted by Crippen LogP contribution is -2.14. The second kappa shape index (κ2) is 6.84. The molecule has 3 N–H and O–H groups in total. The van der Waals surface area contributed by atoms with Crippen molar-refractivity contribution in [1.29, 1.82) is 5.26 Å². The lowest BCUT2D eigenvalue weighted by atomic mass is 10.0. The first-order valence-electron chi connectivity index (χ1n) is 8.40. The number of nitriles is 1. The molecule has 1 aliphatic heterocycles. The third-order valence-electron chi connectivity index (χ3n) is 4.22. The third-order valence-corrected chi connectivity index (χ3v) is 5.22. The fraction of sp³-hybridized carbons (Fsp3) is 0.333. The zero-order chi connectivity index (χ0) is 18.1. The van der Waals surface area contributed by atoms with Crippen LogP contribution in [0.4, 0.5) is 5.95 Å². The van der Waals surface area contributed by atoms with Crippen LogP contribution in [0, 0.1) is 11.3 Å². The van der Waals surface area contributed by atoms with Gasteiger partial charge in [0.25, 0.3) is 0 Å². The predicted octanol–water partition coefficient (Wildman–Crippen LogP) is 2.10. The lowest BCUT2D eigenvalue weighted by molar-refractivity contribution is -0.115. The van der Waals surface area contributed by atoms with Crippen LogP contribution in [0.5, 0.6) is 5.75 Å². The van der Waals surface area contributed by atoms with E-state index in [9.17, 15) is 10.1 Å². The van der Waals surface area contributed by atoms with Gasteiger partial charge in [0.2, 0.25) is 11.9 Å². The van der Waals surface area contributed by atoms with Gasteiger partial charge >= 0.3 is 0 Å². The number of primary amides is 1. The summed E-state index contributed by atoms with van der Waals surface area (Å²) in [5, 5.41) is 13.4. The fourth-order valence-corrected chi connectivity index (χ4v) is 3.50. The number of fused-ring (bicyclic) bond motifs is 1. The molecule has 1 aromatic heterocycles. The molecule has 132 valence electrons. The highest BCUT2D eigenvalue weighted by Crippen LogP contribution is 2.35. The number of amides is 1. The minimum atomic E-state index is -0.457. The number of anilines is 1. The highest BCUT2D eigenvalue weighted by atomic mass is 32.2. The minimum absolute atomic E-state index is 0.0568. The lowest BCUT2D eigenvalue weighted by Gasteiger charge is -2.12. The summed E-state index contributed by atoms with van der Waals surface area (Å²) < 4.78 is 5.64. The first-order valence-corrected chi connectivity index (χ1v) is 9.38. The number of nitrogens with zero attached hydrogens (tertiary/aromatic N) is 3. The number of nitrogens with two attached hydrogens (primary N) is 1. The largest absolute Gasteiger partial charge is 0.493 e. The van der Waals surface area contributed by atoms with Crippen LogP contribution in [0.3, 0.4) is 0 Å². The molecule has 0 saturated heterocycles. The van der Waals surface area contributed by atoms with Gasteiger partial charge < -0.3 is 15.8 Å². The molecule has 2 aromatic rings. The molecule has 2 aliphatic rings. The Hall–Kier alpha value is -2.79. The number of thioether (sulfide) groups is 1. The van der Waals surface area contributed by atoms with Gasteiger partial charge in [0.1, 0.15) is 22.4 Å². The van der Waals surface area contributed by atoms with Gasteiger partial charge in [-0.05, 0) is 24.5 Å². The van der Waals surface area contributed by atoms with E-state index in [1.807, 2.05) is 18.2 Å². The zero-order valence-corrected chi connectivity index (χ0v) is 14.8. The van der Waals surface area contributed by atoms with E-state index in [0.29, 0.717) is 34.9 Å². The Morgan fingerprint density at radius 1 is 1.42 bits per heavy atom. The molecule has 7 nitrogen and oxygen atoms in total. The Labute approximate surface area is 155 Å². The maximum absolute atomic E-state index is 11.2. The summed E-state index contributed by atoms with van der Waals surface area (Å²) in [6.45, 7) is 0.669. The quantitative estimate of drug-likeness (QED) is 0.593. The Balaban J connectivity index is 1.79. The summed E-state index contributed by atoms with van der Waals surface area (Å²) in [6, 6.07) is 8.41. The van der Waals surface area contributed by atoms with Gasteiger partial charge in [0.15, 0.2) is 0 Å². The van der Waals surface area contributed by atoms with E-state index in [-0.39, 0.29) is 5.75 Å². The van der Waals surface area contributed by atoms with Crippen molar-refractivity contribution in [2.75, 3.05) is 17.7 Å². The summed E-state index contributed by atoms with van der Waals surface area (Å²) in [4.78, 5) is 20.2. The summed E-state index contributed by atoms with van der Waals surface area (Å²) in [5.74, 6) is 0.894. The molecule has 1 aromatic carbocycles. The van der Waals surface area contributed by atoms with Crippen LogP contribution in [0.2, 0.25) is 0 Å². The smallest absolute Gasteiger partial charge is 0.227 e. The Morgan fingerprint density at radius 2 is 2.27 bits per heavy atom. The molecule has 1 amide bonds. The van der Waals surface area contributed by atoms with Gasteiger partial charge in [0, 0.05) is 18.0 Å². The molecule has 0 atom stereocenters. The van der Waals surface area contributed by atoms with Gasteiger partial charge in [-0.25, -0.2) is 9.97 Å². The number of benzene rings is 1. The molecular formula is C18H17N5O2S. The van der Waals surface area contributed by atoms with Crippen LogP contribution in [-0.2, 0) is 11.2 Å². The minimum Gasteiger partial charge on any atom is -0.493 e. The summed E-state index contributed by atoms with van der Waals surface area (Å²) in [6.07, 6.45) is 3.04. The number of ether oxygens (including phenoxy) is 1. The number of carbonyl (C=O) groups is 1. The predicted molar refractivity (Wildman–Crippen MR) is 97.9 cm³/mol. The van der Waals surface area contributed by atoms with Gasteiger partial charge in [-0.3, -0.25) is 4.79 Å². The first kappa shape index (κ1) is 16.7. The van der Waals surface area contributed by atoms with Crippen molar-refractivity contribution in [3.63, 3.8) is 0 Å². The Morgan fingerprint density at radius 3 is 3.00 bits per heavy atom. The van der Waals surface area contributed by atoms with E-state index in [2.05, 4.69) is 21.4 Å². The molecule has 26 heavy (non-hydrogen) atoms. The second-order valence-corrected chi connectivity index (χ2v) is 7.25. The zero-order valence-electron chi connectivity index (χ0n) is 14.0. The van der Waals surface area contributed by atoms with Crippen LogP contribution in [0.25, 0.3) is 11.3 Å². The van der Waals surface area contributed by atoms with Gasteiger partial charge in [0.05, 0.1) is 18.1 Å². The van der Waals surface area contributed by atoms with Gasteiger partial charge in [-0.2, -0.15) is 5.26 Å². The fourth-order valence-electron chi connectivity index (χ4n) is 2.78. The normalized spacial score (nSPS) is 15.0. The number of hydrogen-bond donors (Lipinski definition) is 2. The highest BCUT2D eigenvalue weighted by Gasteiger charge is 2.25. The molecule has 4 rings (SSSR count). The van der Waals surface area contributed by atoms with E-state index in [4.69, 9.17) is 10.5 Å². The standard InChI is InChI=1S/C18H17N5O2S/c19-8-13-16(11-2-1-10-5-6-25-14(10)7-11)22-18(21-12-3-4-12)23-17(13)26-9-15(20)24/h1-2,7,12H,3-6,9H2,(H2,20,24)(H,21,22,23). The Bertz CT molecular complexity index is 921. The highest BCUT2D eigenvalue weighted by molar-refractivity contribution is 8.00. The number of aromatic nitrogens is 2. The van der Waals surface area contributed by atoms with Crippen molar-refractivity contribution in [2.24, 2.45) is 5.73 Å². The SMILES string of the molecule is N#Cc1c(SCC(N)=O)nc(NC2CC2)nc1-c1ccc2c(c1)OCC2. The molecule has 2 heterocycles. The van der Waals surface area contributed by atoms with E-state index in [1.54, 1.807) is 0 Å².